The molecule has 0 aromatic heterocycles. The molecule has 0 aromatic carbocycles. The minimum atomic E-state index is 0. The highest BCUT2D eigenvalue weighted by atomic mass is 35.5. The summed E-state index contributed by atoms with van der Waals surface area (Å²) >= 11 is 5.05. The Morgan fingerprint density at radius 3 is 2.00 bits per heavy atom. The molecule has 0 unspecified atom stereocenters. The first-order chi connectivity index (χ1) is 2.77. The van der Waals surface area contributed by atoms with Gasteiger partial charge in [0.2, 0.25) is 0 Å². The Bertz CT molecular complexity index is 58.0. The Morgan fingerprint density at radius 2 is 2.00 bits per heavy atom. The molecular formula is C2H7Cl2N3. The number of nitrogens with two attached hydrogens (primary N) is 2. The van der Waals surface area contributed by atoms with Crippen molar-refractivity contribution in [3.8, 4) is 0 Å². The van der Waals surface area contributed by atoms with Crippen LogP contribution < -0.4 is 11.5 Å². The van der Waals surface area contributed by atoms with E-state index in [2.05, 4.69) is 4.99 Å². The lowest BCUT2D eigenvalue weighted by Crippen LogP contribution is -2.22. The summed E-state index contributed by atoms with van der Waals surface area (Å²) in [6.07, 6.45) is 0. The van der Waals surface area contributed by atoms with Gasteiger partial charge in [-0.05, 0) is 0 Å². The van der Waals surface area contributed by atoms with Crippen LogP contribution in [-0.4, -0.2) is 12.0 Å². The number of rotatable bonds is 1. The van der Waals surface area contributed by atoms with Crippen molar-refractivity contribution >= 4 is 30.0 Å². The van der Waals surface area contributed by atoms with Gasteiger partial charge in [0.1, 0.15) is 6.00 Å². The van der Waals surface area contributed by atoms with E-state index in [0.29, 0.717) is 0 Å². The van der Waals surface area contributed by atoms with Gasteiger partial charge in [-0.2, -0.15) is 0 Å². The van der Waals surface area contributed by atoms with Gasteiger partial charge in [-0.1, -0.05) is 0 Å². The molecule has 4 N–H and O–H groups in total. The lowest BCUT2D eigenvalue weighted by atomic mass is 11.1. The summed E-state index contributed by atoms with van der Waals surface area (Å²) in [5, 5.41) is 0. The summed E-state index contributed by atoms with van der Waals surface area (Å²) in [6, 6.07) is 0.141. The largest absolute Gasteiger partial charge is 0.370 e. The van der Waals surface area contributed by atoms with Crippen molar-refractivity contribution in [1.29, 1.82) is 0 Å². The Balaban J connectivity index is 0. The maximum Gasteiger partial charge on any atom is 0.187 e. The number of alkyl halides is 1. The monoisotopic (exact) mass is 143 g/mol. The van der Waals surface area contributed by atoms with Gasteiger partial charge in [-0.25, -0.2) is 4.99 Å². The average molecular weight is 144 g/mol. The maximum absolute atomic E-state index is 5.05. The van der Waals surface area contributed by atoms with E-state index >= 15 is 0 Å². The van der Waals surface area contributed by atoms with E-state index < -0.39 is 0 Å². The first kappa shape index (κ1) is 9.97. The molecule has 0 aromatic rings. The van der Waals surface area contributed by atoms with E-state index in [-0.39, 0.29) is 24.4 Å². The van der Waals surface area contributed by atoms with E-state index in [9.17, 15) is 0 Å². The zero-order chi connectivity index (χ0) is 4.99. The van der Waals surface area contributed by atoms with Gasteiger partial charge >= 0.3 is 0 Å². The molecule has 0 aliphatic carbocycles. The van der Waals surface area contributed by atoms with E-state index in [1.54, 1.807) is 0 Å². The fourth-order valence-electron chi connectivity index (χ4n) is 0.0690. The minimum Gasteiger partial charge on any atom is -0.370 e. The third-order valence-electron chi connectivity index (χ3n) is 0.242. The molecule has 0 amide bonds. The third kappa shape index (κ3) is 10.7. The van der Waals surface area contributed by atoms with Gasteiger partial charge in [0, 0.05) is 0 Å². The van der Waals surface area contributed by atoms with E-state index in [1.165, 1.54) is 0 Å². The van der Waals surface area contributed by atoms with Crippen molar-refractivity contribution in [2.24, 2.45) is 16.5 Å². The number of hydrogen-bond acceptors (Lipinski definition) is 1. The molecule has 0 aliphatic heterocycles. The fourth-order valence-corrected chi connectivity index (χ4v) is 0.207. The number of aliphatic imine (C=N–C) groups is 1. The van der Waals surface area contributed by atoms with E-state index in [0.717, 1.165) is 0 Å². The van der Waals surface area contributed by atoms with Crippen molar-refractivity contribution in [3.63, 3.8) is 0 Å². The van der Waals surface area contributed by atoms with Crippen LogP contribution >= 0.6 is 24.0 Å². The summed E-state index contributed by atoms with van der Waals surface area (Å²) < 4.78 is 0. The molecule has 0 heterocycles. The van der Waals surface area contributed by atoms with Crippen LogP contribution in [0.4, 0.5) is 0 Å². The normalized spacial score (nSPS) is 6.43. The smallest absolute Gasteiger partial charge is 0.187 e. The zero-order valence-electron chi connectivity index (χ0n) is 3.60. The Hall–Kier alpha value is -0.150. The Morgan fingerprint density at radius 1 is 1.57 bits per heavy atom. The summed E-state index contributed by atoms with van der Waals surface area (Å²) in [5.74, 6) is 0.0324. The van der Waals surface area contributed by atoms with Gasteiger partial charge in [0.25, 0.3) is 0 Å². The molecular weight excluding hydrogens is 137 g/mol. The topological polar surface area (TPSA) is 64.4 Å². The van der Waals surface area contributed by atoms with Gasteiger partial charge in [0.15, 0.2) is 5.96 Å². The van der Waals surface area contributed by atoms with Crippen molar-refractivity contribution < 1.29 is 0 Å². The van der Waals surface area contributed by atoms with E-state index in [4.69, 9.17) is 23.1 Å². The third-order valence-corrected chi connectivity index (χ3v) is 0.362. The molecule has 3 nitrogen and oxygen atoms in total. The summed E-state index contributed by atoms with van der Waals surface area (Å²) in [5.41, 5.74) is 9.69. The molecule has 0 rings (SSSR count). The average Bonchev–Trinajstić information content (AvgIpc) is 1.35. The highest BCUT2D eigenvalue weighted by Gasteiger charge is 1.69. The number of hydrogen-bond donors (Lipinski definition) is 2. The standard InChI is InChI=1S/C2H6ClN3.ClH/c3-1-6-2(4)5;/h1H2,(H4,4,5,6);1H. The number of nitrogens with zero attached hydrogens (tertiary/aromatic N) is 1. The molecule has 44 valence electrons. The second-order valence-corrected chi connectivity index (χ2v) is 0.942. The van der Waals surface area contributed by atoms with Crippen LogP contribution in [0.25, 0.3) is 0 Å². The predicted molar refractivity (Wildman–Crippen MR) is 33.8 cm³/mol. The zero-order valence-corrected chi connectivity index (χ0v) is 5.17. The van der Waals surface area contributed by atoms with E-state index in [1.807, 2.05) is 0 Å². The van der Waals surface area contributed by atoms with Crippen LogP contribution in [0.5, 0.6) is 0 Å². The molecule has 7 heavy (non-hydrogen) atoms. The molecule has 0 atom stereocenters. The van der Waals surface area contributed by atoms with Gasteiger partial charge < -0.3 is 11.5 Å². The molecule has 0 radical (unpaired) electrons. The minimum absolute atomic E-state index is 0. The summed E-state index contributed by atoms with van der Waals surface area (Å²) in [6.45, 7) is 0. The van der Waals surface area contributed by atoms with Crippen LogP contribution in [-0.2, 0) is 0 Å². The molecule has 0 spiro atoms. The molecule has 0 aliphatic rings. The highest BCUT2D eigenvalue weighted by molar-refractivity contribution is 6.18. The van der Waals surface area contributed by atoms with Crippen LogP contribution in [0.3, 0.4) is 0 Å². The first-order valence-corrected chi connectivity index (χ1v) is 1.92. The lowest BCUT2D eigenvalue weighted by molar-refractivity contribution is 1.31. The summed E-state index contributed by atoms with van der Waals surface area (Å²) in [7, 11) is 0. The quantitative estimate of drug-likeness (QED) is 0.233. The maximum atomic E-state index is 5.05. The second-order valence-electron chi connectivity index (χ2n) is 0.703. The molecule has 0 bridgehead atoms. The lowest BCUT2D eigenvalue weighted by Gasteiger charge is -1.81. The van der Waals surface area contributed by atoms with Crippen molar-refractivity contribution in [2.45, 2.75) is 0 Å². The van der Waals surface area contributed by atoms with Crippen LogP contribution in [0.15, 0.2) is 4.99 Å². The van der Waals surface area contributed by atoms with Crippen LogP contribution in [0.2, 0.25) is 0 Å². The predicted octanol–water partition coefficient (Wildman–Crippen LogP) is -0.122. The molecule has 0 saturated heterocycles. The van der Waals surface area contributed by atoms with Crippen molar-refractivity contribution in [2.75, 3.05) is 6.00 Å². The molecule has 0 saturated carbocycles. The summed E-state index contributed by atoms with van der Waals surface area (Å²) in [4.78, 5) is 3.36. The number of halogens is 2. The Kier molecular flexibility index (Phi) is 8.33. The van der Waals surface area contributed by atoms with Crippen molar-refractivity contribution in [3.05, 3.63) is 0 Å². The first-order valence-electron chi connectivity index (χ1n) is 1.38. The molecule has 0 fully saturated rings. The van der Waals surface area contributed by atoms with Gasteiger partial charge in [0.05, 0.1) is 0 Å². The fraction of sp³-hybridized carbons (Fsp3) is 0.500. The van der Waals surface area contributed by atoms with Crippen molar-refractivity contribution in [1.82, 2.24) is 0 Å². The Labute approximate surface area is 53.1 Å². The van der Waals surface area contributed by atoms with Crippen LogP contribution in [0.1, 0.15) is 0 Å². The van der Waals surface area contributed by atoms with Crippen LogP contribution in [0, 0.1) is 0 Å². The number of guanidine groups is 1. The SMILES string of the molecule is Cl.NC(N)=NCCl. The van der Waals surface area contributed by atoms with Gasteiger partial charge in [-0.15, -0.1) is 24.0 Å². The molecule has 5 heteroatoms. The second kappa shape index (κ2) is 5.85. The van der Waals surface area contributed by atoms with Gasteiger partial charge in [-0.3, -0.25) is 0 Å². The highest BCUT2D eigenvalue weighted by Crippen LogP contribution is 1.70.